The monoisotopic (exact) mass is 438 g/mol. The molecule has 0 fully saturated rings. The number of sulfonamides is 1. The molecule has 0 unspecified atom stereocenters. The Kier molecular flexibility index (Phi) is 7.20. The normalized spacial score (nSPS) is 12.2. The summed E-state index contributed by atoms with van der Waals surface area (Å²) in [7, 11) is -3.78. The molecule has 30 heavy (non-hydrogen) atoms. The van der Waals surface area contributed by atoms with E-state index in [1.807, 2.05) is 0 Å². The topological polar surface area (TPSA) is 125 Å². The van der Waals surface area contributed by atoms with Crippen molar-refractivity contribution < 1.29 is 26.4 Å². The third kappa shape index (κ3) is 6.33. The van der Waals surface area contributed by atoms with Gasteiger partial charge in [0.25, 0.3) is 5.91 Å². The van der Waals surface area contributed by atoms with E-state index in [1.54, 1.807) is 18.2 Å². The molecule has 4 N–H and O–H groups in total. The maximum Gasteiger partial charge on any atom is 0.418 e. The van der Waals surface area contributed by atoms with Gasteiger partial charge in [-0.2, -0.15) is 18.4 Å². The number of para-hydroxylation sites is 1. The summed E-state index contributed by atoms with van der Waals surface area (Å²) >= 11 is 0. The van der Waals surface area contributed by atoms with E-state index in [2.05, 4.69) is 10.6 Å². The second kappa shape index (κ2) is 9.43. The fourth-order valence-electron chi connectivity index (χ4n) is 2.41. The van der Waals surface area contributed by atoms with Crippen molar-refractivity contribution in [1.29, 1.82) is 5.26 Å². The van der Waals surface area contributed by atoms with Gasteiger partial charge in [0.05, 0.1) is 16.1 Å². The molecule has 0 aliphatic carbocycles. The average Bonchev–Trinajstić information content (AvgIpc) is 2.67. The van der Waals surface area contributed by atoms with E-state index in [9.17, 15) is 26.4 Å². The fourth-order valence-corrected chi connectivity index (χ4v) is 2.93. The van der Waals surface area contributed by atoms with Gasteiger partial charge in [0.15, 0.2) is 0 Å². The van der Waals surface area contributed by atoms with E-state index in [4.69, 9.17) is 10.4 Å². The van der Waals surface area contributed by atoms with Gasteiger partial charge >= 0.3 is 6.18 Å². The molecule has 0 saturated heterocycles. The summed E-state index contributed by atoms with van der Waals surface area (Å²) in [6, 6.07) is 11.9. The zero-order valence-corrected chi connectivity index (χ0v) is 16.2. The van der Waals surface area contributed by atoms with E-state index in [-0.39, 0.29) is 11.4 Å². The smallest absolute Gasteiger partial charge is 0.389 e. The lowest BCUT2D eigenvalue weighted by molar-refractivity contribution is -0.137. The number of amides is 1. The Morgan fingerprint density at radius 3 is 2.33 bits per heavy atom. The number of anilines is 1. The molecule has 0 radical (unpaired) electrons. The number of carbonyl (C=O) groups excluding carboxylic acids is 1. The second-order valence-corrected chi connectivity index (χ2v) is 7.62. The maximum absolute atomic E-state index is 13.0. The van der Waals surface area contributed by atoms with Crippen LogP contribution in [0.3, 0.4) is 0 Å². The van der Waals surface area contributed by atoms with Gasteiger partial charge in [0.2, 0.25) is 10.0 Å². The van der Waals surface area contributed by atoms with Crippen LogP contribution in [0.5, 0.6) is 0 Å². The van der Waals surface area contributed by atoms with Crippen LogP contribution in [0.15, 0.2) is 65.2 Å². The number of halogens is 3. The van der Waals surface area contributed by atoms with Crippen LogP contribution in [-0.4, -0.2) is 20.9 Å². The van der Waals surface area contributed by atoms with Gasteiger partial charge < -0.3 is 10.6 Å². The maximum atomic E-state index is 13.0. The Balaban J connectivity index is 1.98. The predicted octanol–water partition coefficient (Wildman–Crippen LogP) is 2.53. The number of primary sulfonamides is 1. The second-order valence-electron chi connectivity index (χ2n) is 6.06. The van der Waals surface area contributed by atoms with Crippen LogP contribution >= 0.6 is 0 Å². The molecule has 0 saturated carbocycles. The van der Waals surface area contributed by atoms with Gasteiger partial charge in [0.1, 0.15) is 11.6 Å². The Morgan fingerprint density at radius 1 is 1.13 bits per heavy atom. The summed E-state index contributed by atoms with van der Waals surface area (Å²) in [6.45, 7) is 0.284. The van der Waals surface area contributed by atoms with E-state index in [0.29, 0.717) is 6.42 Å². The standard InChI is InChI=1S/C19H17F3N4O3S/c20-19(21,22)16-3-1-2-4-17(16)26-18(27)14(11-23)12-25-10-9-13-5-7-15(8-6-13)30(24,28)29/h1-8,12,25H,9-10H2,(H,26,27)(H2,24,28,29)/b14-12-. The largest absolute Gasteiger partial charge is 0.418 e. The van der Waals surface area contributed by atoms with Crippen LogP contribution in [0.1, 0.15) is 11.1 Å². The van der Waals surface area contributed by atoms with Crippen molar-refractivity contribution in [3.8, 4) is 6.07 Å². The Bertz CT molecular complexity index is 1090. The summed E-state index contributed by atoms with van der Waals surface area (Å²) in [4.78, 5) is 12.1. The Morgan fingerprint density at radius 2 is 1.77 bits per heavy atom. The molecule has 0 bridgehead atoms. The van der Waals surface area contributed by atoms with Crippen molar-refractivity contribution in [2.45, 2.75) is 17.5 Å². The molecule has 158 valence electrons. The number of nitrogens with zero attached hydrogens (tertiary/aromatic N) is 1. The highest BCUT2D eigenvalue weighted by molar-refractivity contribution is 7.89. The van der Waals surface area contributed by atoms with Crippen LogP contribution in [0, 0.1) is 11.3 Å². The van der Waals surface area contributed by atoms with Crippen molar-refractivity contribution in [2.75, 3.05) is 11.9 Å². The molecule has 2 rings (SSSR count). The number of hydrogen-bond acceptors (Lipinski definition) is 5. The number of rotatable bonds is 7. The van der Waals surface area contributed by atoms with Gasteiger partial charge in [-0.1, -0.05) is 24.3 Å². The number of alkyl halides is 3. The summed E-state index contributed by atoms with van der Waals surface area (Å²) < 4.78 is 61.4. The fraction of sp³-hybridized carbons (Fsp3) is 0.158. The van der Waals surface area contributed by atoms with Gasteiger partial charge in [-0.15, -0.1) is 0 Å². The predicted molar refractivity (Wildman–Crippen MR) is 103 cm³/mol. The zero-order chi connectivity index (χ0) is 22.4. The molecule has 0 aliphatic rings. The van der Waals surface area contributed by atoms with Crippen molar-refractivity contribution in [3.63, 3.8) is 0 Å². The van der Waals surface area contributed by atoms with Crippen molar-refractivity contribution in [3.05, 3.63) is 71.4 Å². The molecule has 2 aromatic carbocycles. The average molecular weight is 438 g/mol. The zero-order valence-electron chi connectivity index (χ0n) is 15.4. The molecule has 0 aliphatic heterocycles. The van der Waals surface area contributed by atoms with Gasteiger partial charge in [-0.25, -0.2) is 13.6 Å². The highest BCUT2D eigenvalue weighted by Gasteiger charge is 2.33. The summed E-state index contributed by atoms with van der Waals surface area (Å²) in [6.07, 6.45) is -3.12. The van der Waals surface area contributed by atoms with E-state index in [0.717, 1.165) is 23.9 Å². The SMILES string of the molecule is N#C/C(=C/NCCc1ccc(S(N)(=O)=O)cc1)C(=O)Nc1ccccc1C(F)(F)F. The van der Waals surface area contributed by atoms with E-state index >= 15 is 0 Å². The molecule has 11 heteroatoms. The molecule has 1 amide bonds. The lowest BCUT2D eigenvalue weighted by Gasteiger charge is -2.13. The Labute approximate surface area is 171 Å². The third-order valence-corrected chi connectivity index (χ3v) is 4.83. The summed E-state index contributed by atoms with van der Waals surface area (Å²) in [5.74, 6) is -0.987. The molecular weight excluding hydrogens is 421 g/mol. The minimum atomic E-state index is -4.66. The quantitative estimate of drug-likeness (QED) is 0.348. The van der Waals surface area contributed by atoms with Crippen LogP contribution < -0.4 is 15.8 Å². The summed E-state index contributed by atoms with van der Waals surface area (Å²) in [5.41, 5.74) is -1.11. The minimum absolute atomic E-state index is 0.0262. The first-order chi connectivity index (χ1) is 14.0. The van der Waals surface area contributed by atoms with Crippen LogP contribution in [0.4, 0.5) is 18.9 Å². The molecule has 2 aromatic rings. The van der Waals surface area contributed by atoms with Crippen LogP contribution in [0.2, 0.25) is 0 Å². The number of nitriles is 1. The molecule has 0 aromatic heterocycles. The first-order valence-electron chi connectivity index (χ1n) is 8.45. The van der Waals surface area contributed by atoms with Gasteiger partial charge in [-0.05, 0) is 36.2 Å². The number of benzene rings is 2. The van der Waals surface area contributed by atoms with Crippen LogP contribution in [0.25, 0.3) is 0 Å². The van der Waals surface area contributed by atoms with Crippen LogP contribution in [-0.2, 0) is 27.4 Å². The van der Waals surface area contributed by atoms with Crippen molar-refractivity contribution in [1.82, 2.24) is 5.32 Å². The lowest BCUT2D eigenvalue weighted by atomic mass is 10.1. The van der Waals surface area contributed by atoms with Gasteiger partial charge in [0, 0.05) is 12.7 Å². The molecular formula is C19H17F3N4O3S. The van der Waals surface area contributed by atoms with E-state index in [1.165, 1.54) is 24.3 Å². The van der Waals surface area contributed by atoms with Crippen molar-refractivity contribution >= 4 is 21.6 Å². The first kappa shape index (κ1) is 22.9. The highest BCUT2D eigenvalue weighted by atomic mass is 32.2. The minimum Gasteiger partial charge on any atom is -0.389 e. The number of hydrogen-bond donors (Lipinski definition) is 3. The molecule has 7 nitrogen and oxygen atoms in total. The van der Waals surface area contributed by atoms with Gasteiger partial charge in [-0.3, -0.25) is 4.79 Å². The Hall–Kier alpha value is -3.36. The first-order valence-corrected chi connectivity index (χ1v) is 10.00. The highest BCUT2D eigenvalue weighted by Crippen LogP contribution is 2.34. The molecule has 0 heterocycles. The number of carbonyl (C=O) groups is 1. The third-order valence-electron chi connectivity index (χ3n) is 3.90. The molecule has 0 spiro atoms. The summed E-state index contributed by atoms with van der Waals surface area (Å²) in [5, 5.41) is 19.0. The van der Waals surface area contributed by atoms with E-state index < -0.39 is 38.9 Å². The lowest BCUT2D eigenvalue weighted by Crippen LogP contribution is -2.20. The number of nitrogens with two attached hydrogens (primary N) is 1. The van der Waals surface area contributed by atoms with Crippen molar-refractivity contribution in [2.24, 2.45) is 5.14 Å². The molecule has 0 atom stereocenters. The number of nitrogens with one attached hydrogen (secondary N) is 2.